The summed E-state index contributed by atoms with van der Waals surface area (Å²) in [5, 5.41) is 61.0. The average molecular weight is 547 g/mol. The molecule has 14 heteroatoms. The van der Waals surface area contributed by atoms with Gasteiger partial charge in [-0.1, -0.05) is 27.7 Å². The summed E-state index contributed by atoms with van der Waals surface area (Å²) in [6.45, 7) is 13.7. The van der Waals surface area contributed by atoms with Crippen LogP contribution >= 0.6 is 0 Å². The minimum absolute atomic E-state index is 0.0833. The maximum Gasteiger partial charge on any atom is 0.336 e. The van der Waals surface area contributed by atoms with Crippen LogP contribution in [-0.2, 0) is 14.4 Å². The number of hydrogen-bond acceptors (Lipinski definition) is 9. The van der Waals surface area contributed by atoms with Gasteiger partial charge >= 0.3 is 29.8 Å². The zero-order valence-corrected chi connectivity index (χ0v) is 22.1. The minimum atomic E-state index is -2.74. The van der Waals surface area contributed by atoms with E-state index in [1.54, 1.807) is 0 Å². The molecule has 216 valence electrons. The second kappa shape index (κ2) is 17.0. The van der Waals surface area contributed by atoms with Crippen molar-refractivity contribution < 1.29 is 59.7 Å². The molecular weight excluding hydrogens is 508 g/mol. The van der Waals surface area contributed by atoms with E-state index >= 15 is 0 Å². The molecule has 0 bridgehead atoms. The van der Waals surface area contributed by atoms with Gasteiger partial charge < -0.3 is 35.7 Å². The third-order valence-electron chi connectivity index (χ3n) is 5.39. The zero-order chi connectivity index (χ0) is 30.3. The van der Waals surface area contributed by atoms with Crippen molar-refractivity contribution >= 4 is 29.8 Å². The third-order valence-corrected chi connectivity index (χ3v) is 5.39. The summed E-state index contributed by atoms with van der Waals surface area (Å²) in [5.74, 6) is -7.94. The van der Waals surface area contributed by atoms with E-state index in [1.807, 2.05) is 6.92 Å². The summed E-state index contributed by atoms with van der Waals surface area (Å²) >= 11 is 0. The van der Waals surface area contributed by atoms with Crippen molar-refractivity contribution in [3.8, 4) is 0 Å². The van der Waals surface area contributed by atoms with Gasteiger partial charge in [-0.3, -0.25) is 19.4 Å². The Bertz CT molecular complexity index is 860. The van der Waals surface area contributed by atoms with Crippen molar-refractivity contribution in [3.05, 3.63) is 35.4 Å². The van der Waals surface area contributed by atoms with Gasteiger partial charge in [0.25, 0.3) is 0 Å². The Kier molecular flexibility index (Phi) is 16.4. The first-order valence-corrected chi connectivity index (χ1v) is 11.6. The summed E-state index contributed by atoms with van der Waals surface area (Å²) in [7, 11) is 0. The van der Waals surface area contributed by atoms with Crippen LogP contribution in [0.1, 0.15) is 68.2 Å². The molecule has 0 amide bonds. The Morgan fingerprint density at radius 2 is 0.895 bits per heavy atom. The monoisotopic (exact) mass is 546 g/mol. The Balaban J connectivity index is 0. The van der Waals surface area contributed by atoms with Gasteiger partial charge in [-0.2, -0.15) is 0 Å². The first-order chi connectivity index (χ1) is 17.4. The van der Waals surface area contributed by atoms with Crippen molar-refractivity contribution in [2.45, 2.75) is 58.9 Å². The molecule has 0 atom stereocenters. The molecule has 0 unspecified atom stereocenters. The van der Waals surface area contributed by atoms with Crippen LogP contribution in [0.25, 0.3) is 0 Å². The van der Waals surface area contributed by atoms with E-state index < -0.39 is 54.1 Å². The van der Waals surface area contributed by atoms with E-state index in [0.29, 0.717) is 0 Å². The van der Waals surface area contributed by atoms with Crippen molar-refractivity contribution in [1.82, 2.24) is 9.80 Å². The van der Waals surface area contributed by atoms with Gasteiger partial charge in [0.2, 0.25) is 0 Å². The SMILES string of the molecule is CCN(CC)C(C)(O)N(CC)CC.O=C(O)CC(O)(CC(=O)O)C(=O)O.O=C(O)c1ccc(C(=O)O)cc1. The summed E-state index contributed by atoms with van der Waals surface area (Å²) in [5.41, 5.74) is -2.57. The molecule has 0 fully saturated rings. The van der Waals surface area contributed by atoms with Crippen LogP contribution in [0, 0.1) is 0 Å². The van der Waals surface area contributed by atoms with Crippen LogP contribution in [0.2, 0.25) is 0 Å². The van der Waals surface area contributed by atoms with E-state index in [9.17, 15) is 29.1 Å². The summed E-state index contributed by atoms with van der Waals surface area (Å²) < 4.78 is 0. The van der Waals surface area contributed by atoms with Crippen molar-refractivity contribution in [2.24, 2.45) is 0 Å². The van der Waals surface area contributed by atoms with Crippen LogP contribution in [0.15, 0.2) is 24.3 Å². The van der Waals surface area contributed by atoms with Crippen molar-refractivity contribution in [3.63, 3.8) is 0 Å². The fraction of sp³-hybridized carbons (Fsp3) is 0.542. The number of rotatable bonds is 13. The first-order valence-electron chi connectivity index (χ1n) is 11.6. The lowest BCUT2D eigenvalue weighted by molar-refractivity contribution is -0.198. The highest BCUT2D eigenvalue weighted by atomic mass is 16.4. The Hall–Kier alpha value is -3.59. The molecule has 1 aromatic rings. The molecule has 0 heterocycles. The number of aliphatic hydroxyl groups is 2. The van der Waals surface area contributed by atoms with Gasteiger partial charge in [0.15, 0.2) is 11.4 Å². The average Bonchev–Trinajstić information content (AvgIpc) is 2.80. The van der Waals surface area contributed by atoms with Gasteiger partial charge in [-0.05, 0) is 57.4 Å². The normalized spacial score (nSPS) is 11.1. The van der Waals surface area contributed by atoms with Crippen LogP contribution in [-0.4, -0.2) is 113 Å². The van der Waals surface area contributed by atoms with Crippen LogP contribution in [0.4, 0.5) is 0 Å². The van der Waals surface area contributed by atoms with Crippen molar-refractivity contribution in [2.75, 3.05) is 26.2 Å². The number of aromatic carboxylic acids is 2. The smallest absolute Gasteiger partial charge is 0.336 e. The summed E-state index contributed by atoms with van der Waals surface area (Å²) in [6.07, 6.45) is -2.29. The van der Waals surface area contributed by atoms with Gasteiger partial charge in [0, 0.05) is 0 Å². The molecule has 38 heavy (non-hydrogen) atoms. The van der Waals surface area contributed by atoms with E-state index in [1.165, 1.54) is 24.3 Å². The fourth-order valence-corrected chi connectivity index (χ4v) is 3.31. The molecule has 14 nitrogen and oxygen atoms in total. The standard InChI is InChI=1S/C10H24N2O.C8H6O4.C6H8O7/c1-6-11(7-2)10(5,13)12(8-3)9-4;9-7(10)5-1-2-6(4-3-5)8(11)12;7-3(8)1-6(13,5(11)12)2-4(9)10/h13H,6-9H2,1-5H3;1-4H,(H,9,10)(H,11,12);13H,1-2H2,(H,7,8)(H,9,10)(H,11,12). The molecule has 7 N–H and O–H groups in total. The van der Waals surface area contributed by atoms with Gasteiger partial charge in [0.1, 0.15) is 0 Å². The predicted molar refractivity (Wildman–Crippen MR) is 134 cm³/mol. The number of hydrogen-bond donors (Lipinski definition) is 7. The number of benzene rings is 1. The minimum Gasteiger partial charge on any atom is -0.481 e. The quantitative estimate of drug-likeness (QED) is 0.172. The highest BCUT2D eigenvalue weighted by molar-refractivity contribution is 5.91. The summed E-state index contributed by atoms with van der Waals surface area (Å²) in [6, 6.07) is 5.02. The second-order valence-corrected chi connectivity index (χ2v) is 7.98. The van der Waals surface area contributed by atoms with Crippen LogP contribution in [0.5, 0.6) is 0 Å². The lowest BCUT2D eigenvalue weighted by Crippen LogP contribution is -2.58. The Labute approximate surface area is 220 Å². The second-order valence-electron chi connectivity index (χ2n) is 7.98. The van der Waals surface area contributed by atoms with E-state index in [-0.39, 0.29) is 11.1 Å². The molecule has 0 spiro atoms. The maximum absolute atomic E-state index is 10.3. The lowest BCUT2D eigenvalue weighted by atomic mass is 9.96. The van der Waals surface area contributed by atoms with E-state index in [2.05, 4.69) is 37.5 Å². The maximum atomic E-state index is 10.3. The van der Waals surface area contributed by atoms with Crippen molar-refractivity contribution in [1.29, 1.82) is 0 Å². The van der Waals surface area contributed by atoms with E-state index in [4.69, 9.17) is 30.6 Å². The lowest BCUT2D eigenvalue weighted by Gasteiger charge is -2.43. The Morgan fingerprint density at radius 1 is 0.632 bits per heavy atom. The van der Waals surface area contributed by atoms with Crippen LogP contribution < -0.4 is 0 Å². The number of aliphatic carboxylic acids is 3. The number of carboxylic acid groups (broad SMARTS) is 5. The molecule has 0 aliphatic heterocycles. The van der Waals surface area contributed by atoms with Gasteiger partial charge in [0.05, 0.1) is 24.0 Å². The number of carboxylic acids is 5. The number of carbonyl (C=O) groups is 5. The largest absolute Gasteiger partial charge is 0.481 e. The zero-order valence-electron chi connectivity index (χ0n) is 22.1. The van der Waals surface area contributed by atoms with E-state index in [0.717, 1.165) is 26.2 Å². The van der Waals surface area contributed by atoms with Gasteiger partial charge in [-0.25, -0.2) is 14.4 Å². The highest BCUT2D eigenvalue weighted by Gasteiger charge is 2.40. The molecule has 0 aliphatic carbocycles. The predicted octanol–water partition coefficient (Wildman–Crippen LogP) is 1.17. The topological polar surface area (TPSA) is 233 Å². The summed E-state index contributed by atoms with van der Waals surface area (Å²) in [4.78, 5) is 55.3. The molecular formula is C24H38N2O12. The molecule has 0 saturated heterocycles. The molecule has 0 aromatic heterocycles. The number of nitrogens with zero attached hydrogens (tertiary/aromatic N) is 2. The van der Waals surface area contributed by atoms with Crippen LogP contribution in [0.3, 0.4) is 0 Å². The van der Waals surface area contributed by atoms with Gasteiger partial charge in [-0.15, -0.1) is 0 Å². The highest BCUT2D eigenvalue weighted by Crippen LogP contribution is 2.16. The molecule has 1 aromatic carbocycles. The third kappa shape index (κ3) is 12.6. The molecule has 0 aliphatic rings. The Morgan fingerprint density at radius 3 is 1.05 bits per heavy atom. The molecule has 1 rings (SSSR count). The molecule has 0 saturated carbocycles. The fourth-order valence-electron chi connectivity index (χ4n) is 3.31. The molecule has 0 radical (unpaired) electrons. The first kappa shape index (κ1) is 36.6.